The molecule has 1 fully saturated rings. The third-order valence-corrected chi connectivity index (χ3v) is 7.70. The van der Waals surface area contributed by atoms with Gasteiger partial charge >= 0.3 is 6.09 Å². The molecule has 0 aromatic heterocycles. The topological polar surface area (TPSA) is 79.0 Å². The quantitative estimate of drug-likeness (QED) is 0.756. The summed E-state index contributed by atoms with van der Waals surface area (Å²) in [5.74, 6) is -0.513. The Hall–Kier alpha value is -3.07. The highest BCUT2D eigenvalue weighted by Crippen LogP contribution is 2.46. The van der Waals surface area contributed by atoms with Crippen LogP contribution in [0.5, 0.6) is 0 Å². The van der Waals surface area contributed by atoms with Gasteiger partial charge in [-0.25, -0.2) is 17.6 Å². The number of hydrogen-bond acceptors (Lipinski definition) is 5. The van der Waals surface area contributed by atoms with E-state index in [2.05, 4.69) is 5.32 Å². The molecule has 0 aliphatic carbocycles. The molecule has 0 unspecified atom stereocenters. The summed E-state index contributed by atoms with van der Waals surface area (Å²) in [6.07, 6.45) is 0.250. The fourth-order valence-electron chi connectivity index (χ4n) is 4.68. The Bertz CT molecular complexity index is 1140. The maximum atomic E-state index is 14.0. The van der Waals surface area contributed by atoms with Crippen LogP contribution in [0.2, 0.25) is 0 Å². The monoisotopic (exact) mass is 459 g/mol. The highest BCUT2D eigenvalue weighted by atomic mass is 32.2. The van der Waals surface area contributed by atoms with Crippen LogP contribution in [0.3, 0.4) is 0 Å². The van der Waals surface area contributed by atoms with Crippen molar-refractivity contribution in [3.05, 3.63) is 77.1 Å². The highest BCUT2D eigenvalue weighted by Gasteiger charge is 2.55. The van der Waals surface area contributed by atoms with Crippen LogP contribution >= 0.6 is 0 Å². The molecule has 1 spiro atoms. The second-order valence-corrected chi connectivity index (χ2v) is 9.77. The van der Waals surface area contributed by atoms with E-state index in [1.807, 2.05) is 37.3 Å². The van der Waals surface area contributed by atoms with Gasteiger partial charge in [0.05, 0.1) is 22.3 Å². The van der Waals surface area contributed by atoms with E-state index in [4.69, 9.17) is 4.74 Å². The van der Waals surface area contributed by atoms with Crippen molar-refractivity contribution in [2.24, 2.45) is 0 Å². The smallest absolute Gasteiger partial charge is 0.410 e. The number of anilines is 1. The number of piperidine rings is 1. The number of ether oxygens (including phenoxy) is 1. The van der Waals surface area contributed by atoms with Gasteiger partial charge in [0.25, 0.3) is 10.0 Å². The Morgan fingerprint density at radius 1 is 1.22 bits per heavy atom. The number of hydrogen-bond donors (Lipinski definition) is 1. The van der Waals surface area contributed by atoms with Crippen molar-refractivity contribution in [1.82, 2.24) is 10.2 Å². The lowest BCUT2D eigenvalue weighted by atomic mass is 9.81. The van der Waals surface area contributed by atoms with Crippen molar-refractivity contribution in [2.45, 2.75) is 38.0 Å². The van der Waals surface area contributed by atoms with E-state index in [-0.39, 0.29) is 18.3 Å². The number of nitrogens with zero attached hydrogens (tertiary/aromatic N) is 2. The summed E-state index contributed by atoms with van der Waals surface area (Å²) in [5, 5.41) is 4.22. The molecular weight excluding hydrogens is 433 g/mol. The van der Waals surface area contributed by atoms with Gasteiger partial charge in [-0.15, -0.1) is 0 Å². The number of sulfonamides is 1. The minimum absolute atomic E-state index is 0.166. The van der Waals surface area contributed by atoms with Crippen molar-refractivity contribution in [1.29, 1.82) is 0 Å². The summed E-state index contributed by atoms with van der Waals surface area (Å²) >= 11 is 0. The van der Waals surface area contributed by atoms with Crippen LogP contribution in [0.15, 0.2) is 65.7 Å². The number of benzene rings is 2. The molecule has 2 atom stereocenters. The molecule has 7 nitrogen and oxygen atoms in total. The zero-order valence-electron chi connectivity index (χ0n) is 18.0. The maximum Gasteiger partial charge on any atom is 0.410 e. The average Bonchev–Trinajstić information content (AvgIpc) is 2.98. The summed E-state index contributed by atoms with van der Waals surface area (Å²) in [6.45, 7) is 2.33. The number of rotatable bonds is 4. The van der Waals surface area contributed by atoms with Gasteiger partial charge in [0.15, 0.2) is 0 Å². The molecular formula is C23H26FN3O4S. The van der Waals surface area contributed by atoms with Crippen LogP contribution in [0.1, 0.15) is 25.3 Å². The molecule has 4 rings (SSSR count). The van der Waals surface area contributed by atoms with Crippen molar-refractivity contribution in [2.75, 3.05) is 17.9 Å². The first-order chi connectivity index (χ1) is 15.3. The first kappa shape index (κ1) is 22.1. The lowest BCUT2D eigenvalue weighted by Crippen LogP contribution is -2.60. The SMILES string of the molecule is CNC1=CS(=O)(=O)N(c2cccc(F)c2)[C@@]12CCN(C(=O)OCc1ccccc1)[C@@H](C)C2. The van der Waals surface area contributed by atoms with E-state index in [9.17, 15) is 17.6 Å². The van der Waals surface area contributed by atoms with Gasteiger partial charge in [0.2, 0.25) is 0 Å². The van der Waals surface area contributed by atoms with E-state index >= 15 is 0 Å². The van der Waals surface area contributed by atoms with E-state index in [0.717, 1.165) is 5.56 Å². The van der Waals surface area contributed by atoms with Crippen molar-refractivity contribution in [3.8, 4) is 0 Å². The number of halogens is 1. The molecule has 0 bridgehead atoms. The van der Waals surface area contributed by atoms with Crippen LogP contribution in [0.4, 0.5) is 14.9 Å². The first-order valence-electron chi connectivity index (χ1n) is 10.4. The molecule has 2 aromatic carbocycles. The second-order valence-electron chi connectivity index (χ2n) is 8.14. The second kappa shape index (κ2) is 8.46. The Morgan fingerprint density at radius 2 is 1.97 bits per heavy atom. The minimum Gasteiger partial charge on any atom is -0.445 e. The molecule has 1 N–H and O–H groups in total. The highest BCUT2D eigenvalue weighted by molar-refractivity contribution is 7.96. The Balaban J connectivity index is 1.58. The van der Waals surface area contributed by atoms with E-state index in [0.29, 0.717) is 25.1 Å². The molecule has 2 heterocycles. The summed E-state index contributed by atoms with van der Waals surface area (Å²) in [6, 6.07) is 14.7. The van der Waals surface area contributed by atoms with Crippen LogP contribution in [0, 0.1) is 5.82 Å². The van der Waals surface area contributed by atoms with E-state index < -0.39 is 27.5 Å². The van der Waals surface area contributed by atoms with Crippen molar-refractivity contribution in [3.63, 3.8) is 0 Å². The van der Waals surface area contributed by atoms with E-state index in [1.165, 1.54) is 27.9 Å². The Labute approximate surface area is 187 Å². The third kappa shape index (κ3) is 3.92. The summed E-state index contributed by atoms with van der Waals surface area (Å²) < 4.78 is 46.9. The molecule has 1 amide bonds. The fraction of sp³-hybridized carbons (Fsp3) is 0.348. The van der Waals surface area contributed by atoms with Gasteiger partial charge < -0.3 is 15.0 Å². The number of carbonyl (C=O) groups excluding carboxylic acids is 1. The van der Waals surface area contributed by atoms with Gasteiger partial charge in [-0.3, -0.25) is 4.31 Å². The number of amides is 1. The van der Waals surface area contributed by atoms with E-state index in [1.54, 1.807) is 18.0 Å². The van der Waals surface area contributed by atoms with Crippen molar-refractivity contribution >= 4 is 21.8 Å². The first-order valence-corrected chi connectivity index (χ1v) is 12.0. The molecule has 2 aliphatic heterocycles. The van der Waals surface area contributed by atoms with Crippen molar-refractivity contribution < 1.29 is 22.3 Å². The number of likely N-dealkylation sites (tertiary alicyclic amines) is 1. The van der Waals surface area contributed by atoms with Gasteiger partial charge in [-0.2, -0.15) is 0 Å². The number of likely N-dealkylation sites (N-methyl/N-ethyl adjacent to an activating group) is 1. The predicted molar refractivity (Wildman–Crippen MR) is 120 cm³/mol. The van der Waals surface area contributed by atoms with Gasteiger partial charge in [-0.05, 0) is 43.5 Å². The maximum absolute atomic E-state index is 14.0. The molecule has 32 heavy (non-hydrogen) atoms. The largest absolute Gasteiger partial charge is 0.445 e. The molecule has 170 valence electrons. The summed E-state index contributed by atoms with van der Waals surface area (Å²) in [7, 11) is -2.16. The van der Waals surface area contributed by atoms with Crippen LogP contribution < -0.4 is 9.62 Å². The lowest BCUT2D eigenvalue weighted by Gasteiger charge is -2.48. The molecule has 9 heteroatoms. The zero-order valence-corrected chi connectivity index (χ0v) is 18.8. The zero-order chi connectivity index (χ0) is 22.9. The fourth-order valence-corrected chi connectivity index (χ4v) is 6.58. The van der Waals surface area contributed by atoms with Gasteiger partial charge in [0.1, 0.15) is 12.4 Å². The van der Waals surface area contributed by atoms with Crippen LogP contribution in [-0.4, -0.2) is 44.6 Å². The van der Waals surface area contributed by atoms with Crippen LogP contribution in [0.25, 0.3) is 0 Å². The third-order valence-electron chi connectivity index (χ3n) is 6.09. The Morgan fingerprint density at radius 3 is 2.62 bits per heavy atom. The molecule has 0 radical (unpaired) electrons. The molecule has 2 aromatic rings. The standard InChI is InChI=1S/C23H26FN3O4S/c1-17-14-23(11-12-26(17)22(28)31-15-18-7-4-3-5-8-18)21(25-2)16-32(29,30)27(23)20-10-6-9-19(24)13-20/h3-10,13,16-17,25H,11-12,14-15H2,1-2H3/t17-,23+/m0/s1. The normalized spacial score (nSPS) is 24.3. The minimum atomic E-state index is -3.83. The summed E-state index contributed by atoms with van der Waals surface area (Å²) in [4.78, 5) is 14.4. The molecule has 0 saturated carbocycles. The number of carbonyl (C=O) groups is 1. The predicted octanol–water partition coefficient (Wildman–Crippen LogP) is 3.60. The average molecular weight is 460 g/mol. The van der Waals surface area contributed by atoms with Gasteiger partial charge in [-0.1, -0.05) is 36.4 Å². The number of nitrogens with one attached hydrogen (secondary N) is 1. The van der Waals surface area contributed by atoms with Crippen LogP contribution in [-0.2, 0) is 21.4 Å². The Kier molecular flexibility index (Phi) is 5.85. The van der Waals surface area contributed by atoms with Gasteiger partial charge in [0, 0.05) is 19.6 Å². The lowest BCUT2D eigenvalue weighted by molar-refractivity contribution is 0.0613. The molecule has 1 saturated heterocycles. The molecule has 2 aliphatic rings. The summed E-state index contributed by atoms with van der Waals surface area (Å²) in [5.41, 5.74) is 0.753.